The smallest absolute Gasteiger partial charge is 0.298 e. The predicted molar refractivity (Wildman–Crippen MR) is 42.0 cm³/mol. The van der Waals surface area contributed by atoms with Crippen molar-refractivity contribution in [3.63, 3.8) is 0 Å². The van der Waals surface area contributed by atoms with E-state index in [1.165, 1.54) is 6.07 Å². The van der Waals surface area contributed by atoms with Crippen LogP contribution in [0.4, 0.5) is 17.6 Å². The van der Waals surface area contributed by atoms with Crippen LogP contribution in [0.25, 0.3) is 0 Å². The van der Waals surface area contributed by atoms with Crippen LogP contribution >= 0.6 is 0 Å². The number of alkyl halides is 3. The second kappa shape index (κ2) is 2.95. The molecule has 0 radical (unpaired) electrons. The van der Waals surface area contributed by atoms with Crippen LogP contribution in [-0.4, -0.2) is 6.18 Å². The Bertz CT molecular complexity index is 358. The van der Waals surface area contributed by atoms with Crippen molar-refractivity contribution in [2.45, 2.75) is 18.8 Å². The van der Waals surface area contributed by atoms with Gasteiger partial charge in [-0.05, 0) is 23.3 Å². The van der Waals surface area contributed by atoms with Crippen LogP contribution in [0.1, 0.15) is 17.2 Å². The van der Waals surface area contributed by atoms with Gasteiger partial charge in [0.2, 0.25) is 0 Å². The maximum Gasteiger partial charge on any atom is 0.407 e. The first-order valence-corrected chi connectivity index (χ1v) is 4.07. The lowest BCUT2D eigenvalue weighted by Crippen LogP contribution is -2.28. The lowest BCUT2D eigenvalue weighted by atomic mass is 10.0. The van der Waals surface area contributed by atoms with Crippen molar-refractivity contribution < 1.29 is 17.6 Å². The molecule has 1 aliphatic rings. The van der Waals surface area contributed by atoms with E-state index in [-0.39, 0.29) is 12.1 Å². The third-order valence-electron chi connectivity index (χ3n) is 2.24. The molecule has 0 saturated carbocycles. The van der Waals surface area contributed by atoms with Gasteiger partial charge in [0, 0.05) is 6.54 Å². The zero-order valence-corrected chi connectivity index (χ0v) is 7.03. The second-order valence-electron chi connectivity index (χ2n) is 3.20. The summed E-state index contributed by atoms with van der Waals surface area (Å²) in [6, 6.07) is 1.71. The molecular weight excluding hydrogens is 198 g/mol. The zero-order valence-electron chi connectivity index (χ0n) is 7.03. The molecule has 0 spiro atoms. The Morgan fingerprint density at radius 1 is 1.29 bits per heavy atom. The summed E-state index contributed by atoms with van der Waals surface area (Å²) in [5.41, 5.74) is 0.506. The minimum atomic E-state index is -4.32. The van der Waals surface area contributed by atoms with Gasteiger partial charge in [-0.15, -0.1) is 0 Å². The molecule has 0 bridgehead atoms. The molecule has 0 aromatic heterocycles. The van der Waals surface area contributed by atoms with E-state index >= 15 is 0 Å². The van der Waals surface area contributed by atoms with E-state index in [9.17, 15) is 17.6 Å². The second-order valence-corrected chi connectivity index (χ2v) is 3.20. The van der Waals surface area contributed by atoms with E-state index in [0.29, 0.717) is 5.56 Å². The van der Waals surface area contributed by atoms with Gasteiger partial charge in [-0.2, -0.15) is 13.2 Å². The molecule has 14 heavy (non-hydrogen) atoms. The van der Waals surface area contributed by atoms with Crippen molar-refractivity contribution in [1.29, 1.82) is 0 Å². The third kappa shape index (κ3) is 1.48. The molecule has 1 heterocycles. The molecule has 76 valence electrons. The molecule has 2 rings (SSSR count). The van der Waals surface area contributed by atoms with Gasteiger partial charge >= 0.3 is 6.18 Å². The lowest BCUT2D eigenvalue weighted by Gasteiger charge is -2.15. The Morgan fingerprint density at radius 2 is 2.00 bits per heavy atom. The number of rotatable bonds is 0. The van der Waals surface area contributed by atoms with Crippen LogP contribution in [0.5, 0.6) is 0 Å². The number of hydrogen-bond acceptors (Lipinski definition) is 1. The molecule has 1 aliphatic heterocycles. The fourth-order valence-electron chi connectivity index (χ4n) is 1.62. The average molecular weight is 205 g/mol. The Labute approximate surface area is 77.7 Å². The normalized spacial score (nSPS) is 21.0. The summed E-state index contributed by atoms with van der Waals surface area (Å²) in [5, 5.41) is 2.30. The highest BCUT2D eigenvalue weighted by molar-refractivity contribution is 5.35. The van der Waals surface area contributed by atoms with E-state index in [1.807, 2.05) is 0 Å². The van der Waals surface area contributed by atoms with Crippen molar-refractivity contribution in [2.75, 3.05) is 0 Å². The first-order valence-electron chi connectivity index (χ1n) is 4.07. The highest BCUT2D eigenvalue weighted by atomic mass is 19.4. The topological polar surface area (TPSA) is 12.0 Å². The van der Waals surface area contributed by atoms with Crippen molar-refractivity contribution in [3.05, 3.63) is 35.1 Å². The van der Waals surface area contributed by atoms with E-state index in [1.54, 1.807) is 0 Å². The molecule has 1 aromatic rings. The Hall–Kier alpha value is -1.10. The number of benzene rings is 1. The summed E-state index contributed by atoms with van der Waals surface area (Å²) >= 11 is 0. The highest BCUT2D eigenvalue weighted by Gasteiger charge is 2.44. The summed E-state index contributed by atoms with van der Waals surface area (Å²) in [6.45, 7) is 0.0667. The summed E-state index contributed by atoms with van der Waals surface area (Å²) in [6.07, 6.45) is -4.32. The maximum atomic E-state index is 12.7. The fraction of sp³-hybridized carbons (Fsp3) is 0.333. The van der Waals surface area contributed by atoms with E-state index in [0.717, 1.165) is 12.1 Å². The number of nitrogens with one attached hydrogen (secondary N) is 1. The largest absolute Gasteiger partial charge is 0.407 e. The molecule has 1 nitrogen and oxygen atoms in total. The molecule has 1 N–H and O–H groups in total. The van der Waals surface area contributed by atoms with Crippen molar-refractivity contribution in [3.8, 4) is 0 Å². The van der Waals surface area contributed by atoms with Gasteiger partial charge < -0.3 is 0 Å². The summed E-state index contributed by atoms with van der Waals surface area (Å²) in [4.78, 5) is 0. The van der Waals surface area contributed by atoms with E-state index in [4.69, 9.17) is 0 Å². The zero-order chi connectivity index (χ0) is 10.3. The van der Waals surface area contributed by atoms with E-state index < -0.39 is 18.0 Å². The first-order chi connectivity index (χ1) is 6.48. The van der Waals surface area contributed by atoms with Crippen LogP contribution in [0.3, 0.4) is 0 Å². The standard InChI is InChI=1S/C9H7F4N/c10-6-1-2-7-5(3-6)4-14-8(7)9(11,12)13/h1-3,8,14H,4H2. The molecule has 0 aliphatic carbocycles. The molecule has 5 heteroatoms. The molecule has 0 amide bonds. The molecule has 0 saturated heterocycles. The summed E-state index contributed by atoms with van der Waals surface area (Å²) in [5.74, 6) is -0.506. The fourth-order valence-corrected chi connectivity index (χ4v) is 1.62. The number of fused-ring (bicyclic) bond motifs is 1. The van der Waals surface area contributed by atoms with Gasteiger partial charge in [-0.25, -0.2) is 4.39 Å². The molecule has 1 unspecified atom stereocenters. The third-order valence-corrected chi connectivity index (χ3v) is 2.24. The number of halogens is 4. The molecule has 1 atom stereocenters. The number of hydrogen-bond donors (Lipinski definition) is 1. The van der Waals surface area contributed by atoms with Gasteiger partial charge in [0.15, 0.2) is 0 Å². The lowest BCUT2D eigenvalue weighted by molar-refractivity contribution is -0.155. The van der Waals surface area contributed by atoms with Crippen molar-refractivity contribution in [1.82, 2.24) is 5.32 Å². The van der Waals surface area contributed by atoms with Gasteiger partial charge in [0.25, 0.3) is 0 Å². The van der Waals surface area contributed by atoms with Crippen LogP contribution in [-0.2, 0) is 6.54 Å². The van der Waals surface area contributed by atoms with Crippen molar-refractivity contribution >= 4 is 0 Å². The SMILES string of the molecule is Fc1ccc2c(c1)CNC2C(F)(F)F. The van der Waals surface area contributed by atoms with Gasteiger partial charge in [-0.3, -0.25) is 5.32 Å². The van der Waals surface area contributed by atoms with Gasteiger partial charge in [0.1, 0.15) is 11.9 Å². The average Bonchev–Trinajstić information content (AvgIpc) is 2.45. The highest BCUT2D eigenvalue weighted by Crippen LogP contribution is 2.38. The van der Waals surface area contributed by atoms with Gasteiger partial charge in [-0.1, -0.05) is 6.07 Å². The predicted octanol–water partition coefficient (Wildman–Crippen LogP) is 2.53. The van der Waals surface area contributed by atoms with Crippen LogP contribution in [0, 0.1) is 5.82 Å². The molecular formula is C9H7F4N. The van der Waals surface area contributed by atoms with Crippen LogP contribution < -0.4 is 5.32 Å². The maximum absolute atomic E-state index is 12.7. The minimum Gasteiger partial charge on any atom is -0.298 e. The summed E-state index contributed by atoms with van der Waals surface area (Å²) in [7, 11) is 0. The Morgan fingerprint density at radius 3 is 2.64 bits per heavy atom. The van der Waals surface area contributed by atoms with Crippen LogP contribution in [0.2, 0.25) is 0 Å². The first kappa shape index (κ1) is 9.45. The Kier molecular flexibility index (Phi) is 1.99. The van der Waals surface area contributed by atoms with E-state index in [2.05, 4.69) is 5.32 Å². The Balaban J connectivity index is 2.41. The monoisotopic (exact) mass is 205 g/mol. The molecule has 1 aromatic carbocycles. The summed E-state index contributed by atoms with van der Waals surface area (Å²) < 4.78 is 49.8. The van der Waals surface area contributed by atoms with Crippen molar-refractivity contribution in [2.24, 2.45) is 0 Å². The quantitative estimate of drug-likeness (QED) is 0.642. The minimum absolute atomic E-state index is 0.0667. The van der Waals surface area contributed by atoms with Gasteiger partial charge in [0.05, 0.1) is 0 Å². The van der Waals surface area contributed by atoms with Crippen LogP contribution in [0.15, 0.2) is 18.2 Å². The molecule has 0 fully saturated rings.